The van der Waals surface area contributed by atoms with Crippen LogP contribution < -0.4 is 4.74 Å². The van der Waals surface area contributed by atoms with Crippen molar-refractivity contribution >= 4 is 5.97 Å². The molecule has 2 rings (SSSR count). The molecule has 0 aliphatic carbocycles. The van der Waals surface area contributed by atoms with Gasteiger partial charge in [-0.1, -0.05) is 63.1 Å². The van der Waals surface area contributed by atoms with Gasteiger partial charge in [-0.3, -0.25) is 0 Å². The maximum Gasteiger partial charge on any atom is 0.330 e. The number of ether oxygens (including phenoxy) is 2. The van der Waals surface area contributed by atoms with E-state index in [0.29, 0.717) is 12.2 Å². The molecular weight excluding hydrogens is 374 g/mol. The molecule has 1 atom stereocenters. The second-order valence-corrected chi connectivity index (χ2v) is 7.29. The molecule has 30 heavy (non-hydrogen) atoms. The zero-order valence-electron chi connectivity index (χ0n) is 17.8. The molecule has 1 unspecified atom stereocenters. The quantitative estimate of drug-likeness (QED) is 0.218. The summed E-state index contributed by atoms with van der Waals surface area (Å²) in [5.41, 5.74) is 2.67. The molecule has 2 aromatic carbocycles. The van der Waals surface area contributed by atoms with Crippen molar-refractivity contribution in [3.8, 4) is 22.9 Å². The van der Waals surface area contributed by atoms with E-state index in [4.69, 9.17) is 14.7 Å². The van der Waals surface area contributed by atoms with E-state index in [0.717, 1.165) is 42.6 Å². The molecule has 0 N–H and O–H groups in total. The van der Waals surface area contributed by atoms with Gasteiger partial charge in [-0.2, -0.15) is 5.26 Å². The predicted molar refractivity (Wildman–Crippen MR) is 120 cm³/mol. The summed E-state index contributed by atoms with van der Waals surface area (Å²) in [7, 11) is 0. The van der Waals surface area contributed by atoms with Crippen LogP contribution in [0.25, 0.3) is 11.1 Å². The maximum atomic E-state index is 11.2. The molecule has 0 bridgehead atoms. The largest absolute Gasteiger partial charge is 0.490 e. The first kappa shape index (κ1) is 23.2. The van der Waals surface area contributed by atoms with Crippen molar-refractivity contribution in [1.82, 2.24) is 0 Å². The smallest absolute Gasteiger partial charge is 0.330 e. The van der Waals surface area contributed by atoms with E-state index in [1.54, 1.807) is 0 Å². The predicted octanol–water partition coefficient (Wildman–Crippen LogP) is 6.45. The first-order valence-corrected chi connectivity index (χ1v) is 10.7. The third kappa shape index (κ3) is 7.75. The lowest BCUT2D eigenvalue weighted by molar-refractivity contribution is -0.137. The molecule has 0 fully saturated rings. The van der Waals surface area contributed by atoms with Crippen molar-refractivity contribution in [3.05, 3.63) is 66.7 Å². The average Bonchev–Trinajstić information content (AvgIpc) is 2.79. The highest BCUT2D eigenvalue weighted by Gasteiger charge is 2.14. The molecule has 4 nitrogen and oxygen atoms in total. The molecule has 0 saturated carbocycles. The molecule has 0 amide bonds. The van der Waals surface area contributed by atoms with Crippen molar-refractivity contribution in [1.29, 1.82) is 5.26 Å². The summed E-state index contributed by atoms with van der Waals surface area (Å²) >= 11 is 0. The maximum absolute atomic E-state index is 11.2. The Hall–Kier alpha value is -3.06. The number of esters is 1. The number of rotatable bonds is 13. The fourth-order valence-corrected chi connectivity index (χ4v) is 3.32. The Balaban J connectivity index is 2.08. The number of nitrogens with zero attached hydrogens (tertiary/aromatic N) is 1. The van der Waals surface area contributed by atoms with Crippen LogP contribution in [-0.4, -0.2) is 18.7 Å². The van der Waals surface area contributed by atoms with Crippen molar-refractivity contribution < 1.29 is 14.3 Å². The fraction of sp³-hybridized carbons (Fsp3) is 0.385. The summed E-state index contributed by atoms with van der Waals surface area (Å²) in [6, 6.07) is 17.7. The standard InChI is InChI=1S/C26H31NO3/c1-3-5-6-7-11-23(12-10-19-29-26(28)4-2)30-25-14-9-8-13-24(25)22-17-15-21(20-27)16-18-22/h4,8-9,13-18,23H,2-3,5-7,10-12,19H2,1H3. The second kappa shape index (κ2) is 13.2. The molecule has 0 radical (unpaired) electrons. The number of hydrogen-bond donors (Lipinski definition) is 0. The summed E-state index contributed by atoms with van der Waals surface area (Å²) in [5, 5.41) is 9.03. The first-order chi connectivity index (χ1) is 14.7. The lowest BCUT2D eigenvalue weighted by Crippen LogP contribution is -2.18. The Morgan fingerprint density at radius 1 is 1.07 bits per heavy atom. The van der Waals surface area contributed by atoms with Gasteiger partial charge >= 0.3 is 5.97 Å². The highest BCUT2D eigenvalue weighted by atomic mass is 16.5. The number of nitriles is 1. The number of para-hydroxylation sites is 1. The Bertz CT molecular complexity index is 836. The Labute approximate surface area is 180 Å². The molecule has 0 heterocycles. The fourth-order valence-electron chi connectivity index (χ4n) is 3.32. The van der Waals surface area contributed by atoms with Crippen molar-refractivity contribution in [2.75, 3.05) is 6.61 Å². The van der Waals surface area contributed by atoms with E-state index in [1.165, 1.54) is 25.3 Å². The zero-order chi connectivity index (χ0) is 21.6. The van der Waals surface area contributed by atoms with Gasteiger partial charge in [0.15, 0.2) is 0 Å². The van der Waals surface area contributed by atoms with Gasteiger partial charge in [0.2, 0.25) is 0 Å². The molecule has 0 saturated heterocycles. The van der Waals surface area contributed by atoms with Crippen LogP contribution in [-0.2, 0) is 9.53 Å². The summed E-state index contributed by atoms with van der Waals surface area (Å²) < 4.78 is 11.6. The molecule has 2 aromatic rings. The van der Waals surface area contributed by atoms with Crippen LogP contribution in [0, 0.1) is 11.3 Å². The van der Waals surface area contributed by atoms with Gasteiger partial charge in [-0.25, -0.2) is 4.79 Å². The molecular formula is C26H31NO3. The van der Waals surface area contributed by atoms with Crippen LogP contribution in [0.1, 0.15) is 57.4 Å². The molecule has 0 spiro atoms. The normalized spacial score (nSPS) is 11.3. The van der Waals surface area contributed by atoms with E-state index >= 15 is 0 Å². The third-order valence-corrected chi connectivity index (χ3v) is 4.97. The van der Waals surface area contributed by atoms with Gasteiger partial charge < -0.3 is 9.47 Å². The van der Waals surface area contributed by atoms with Gasteiger partial charge in [0.1, 0.15) is 5.75 Å². The van der Waals surface area contributed by atoms with Gasteiger partial charge in [0.05, 0.1) is 24.3 Å². The molecule has 0 aliphatic heterocycles. The summed E-state index contributed by atoms with van der Waals surface area (Å²) in [5.74, 6) is 0.451. The van der Waals surface area contributed by atoms with E-state index in [1.807, 2.05) is 48.5 Å². The number of carbonyl (C=O) groups is 1. The minimum absolute atomic E-state index is 0.0591. The van der Waals surface area contributed by atoms with Crippen molar-refractivity contribution in [3.63, 3.8) is 0 Å². The van der Waals surface area contributed by atoms with E-state index in [9.17, 15) is 4.79 Å². The topological polar surface area (TPSA) is 59.3 Å². The first-order valence-electron chi connectivity index (χ1n) is 10.7. The zero-order valence-corrected chi connectivity index (χ0v) is 17.8. The van der Waals surface area contributed by atoms with Gasteiger partial charge in [0, 0.05) is 11.6 Å². The lowest BCUT2D eigenvalue weighted by Gasteiger charge is -2.21. The average molecular weight is 406 g/mol. The van der Waals surface area contributed by atoms with Crippen molar-refractivity contribution in [2.24, 2.45) is 0 Å². The SMILES string of the molecule is C=CC(=O)OCCCC(CCCCCC)Oc1ccccc1-c1ccc(C#N)cc1. The van der Waals surface area contributed by atoms with E-state index in [-0.39, 0.29) is 12.1 Å². The highest BCUT2D eigenvalue weighted by Crippen LogP contribution is 2.32. The number of carbonyl (C=O) groups excluding carboxylic acids is 1. The van der Waals surface area contributed by atoms with Crippen molar-refractivity contribution in [2.45, 2.75) is 58.0 Å². The number of benzene rings is 2. The molecule has 4 heteroatoms. The highest BCUT2D eigenvalue weighted by molar-refractivity contribution is 5.81. The minimum atomic E-state index is -0.387. The number of hydrogen-bond acceptors (Lipinski definition) is 4. The van der Waals surface area contributed by atoms with E-state index in [2.05, 4.69) is 19.6 Å². The Kier molecular flexibility index (Phi) is 10.2. The molecule has 0 aromatic heterocycles. The van der Waals surface area contributed by atoms with Gasteiger partial charge in [0.25, 0.3) is 0 Å². The van der Waals surface area contributed by atoms with Gasteiger partial charge in [-0.05, 0) is 49.4 Å². The lowest BCUT2D eigenvalue weighted by atomic mass is 10.0. The van der Waals surface area contributed by atoms with Crippen LogP contribution in [0.4, 0.5) is 0 Å². The third-order valence-electron chi connectivity index (χ3n) is 4.97. The van der Waals surface area contributed by atoms with E-state index < -0.39 is 0 Å². The van der Waals surface area contributed by atoms with Crippen LogP contribution >= 0.6 is 0 Å². The Morgan fingerprint density at radius 3 is 2.50 bits per heavy atom. The minimum Gasteiger partial charge on any atom is -0.490 e. The van der Waals surface area contributed by atoms with Crippen LogP contribution in [0.5, 0.6) is 5.75 Å². The summed E-state index contributed by atoms with van der Waals surface area (Å²) in [4.78, 5) is 11.2. The monoisotopic (exact) mass is 405 g/mol. The number of unbranched alkanes of at least 4 members (excludes halogenated alkanes) is 3. The van der Waals surface area contributed by atoms with Crippen LogP contribution in [0.2, 0.25) is 0 Å². The summed E-state index contributed by atoms with van der Waals surface area (Å²) in [6.07, 6.45) is 8.52. The molecule has 158 valence electrons. The van der Waals surface area contributed by atoms with Gasteiger partial charge in [-0.15, -0.1) is 0 Å². The molecule has 0 aliphatic rings. The Morgan fingerprint density at radius 2 is 1.80 bits per heavy atom. The second-order valence-electron chi connectivity index (χ2n) is 7.29. The van der Waals surface area contributed by atoms with Crippen LogP contribution in [0.3, 0.4) is 0 Å². The van der Waals surface area contributed by atoms with Crippen LogP contribution in [0.15, 0.2) is 61.2 Å². The summed E-state index contributed by atoms with van der Waals surface area (Å²) in [6.45, 7) is 6.00.